The molecule has 0 heterocycles. The summed E-state index contributed by atoms with van der Waals surface area (Å²) in [6, 6.07) is 0. The molecule has 1 N–H and O–H groups in total. The molecule has 0 saturated carbocycles. The molecule has 1 nitrogen and oxygen atoms in total. The molecule has 0 aliphatic heterocycles. The first-order valence-electron chi connectivity index (χ1n) is 3.17. The predicted octanol–water partition coefficient (Wildman–Crippen LogP) is 2.66. The van der Waals surface area contributed by atoms with E-state index >= 15 is 0 Å². The summed E-state index contributed by atoms with van der Waals surface area (Å²) < 4.78 is 0. The average Bonchev–Trinajstić information content (AvgIpc) is 1.63. The van der Waals surface area contributed by atoms with Gasteiger partial charge in [0, 0.05) is 0 Å². The third kappa shape index (κ3) is 5.15. The molecule has 0 rings (SSSR count). The van der Waals surface area contributed by atoms with Crippen molar-refractivity contribution in [2.24, 2.45) is 5.92 Å². The van der Waals surface area contributed by atoms with Crippen LogP contribution >= 0.6 is 0 Å². The van der Waals surface area contributed by atoms with Crippen molar-refractivity contribution in [2.75, 3.05) is 0 Å². The van der Waals surface area contributed by atoms with E-state index < -0.39 is 0 Å². The lowest BCUT2D eigenvalue weighted by Gasteiger charge is -1.95. The maximum atomic E-state index is 8.78. The van der Waals surface area contributed by atoms with Crippen molar-refractivity contribution in [2.45, 2.75) is 20.8 Å². The minimum Gasteiger partial charge on any atom is -0.513 e. The van der Waals surface area contributed by atoms with Crippen LogP contribution in [-0.2, 0) is 0 Å². The van der Waals surface area contributed by atoms with E-state index in [1.807, 2.05) is 26.0 Å². The molecule has 0 fully saturated rings. The van der Waals surface area contributed by atoms with E-state index in [9.17, 15) is 0 Å². The first-order valence-corrected chi connectivity index (χ1v) is 3.17. The second kappa shape index (κ2) is 4.19. The molecule has 0 saturated heterocycles. The molecule has 1 atom stereocenters. The smallest absolute Gasteiger partial charge is 0.0857 e. The lowest BCUT2D eigenvalue weighted by Crippen LogP contribution is -1.83. The van der Waals surface area contributed by atoms with Gasteiger partial charge in [0.25, 0.3) is 0 Å². The van der Waals surface area contributed by atoms with Crippen LogP contribution in [0, 0.1) is 5.92 Å². The third-order valence-electron chi connectivity index (χ3n) is 1.00. The molecule has 0 aromatic carbocycles. The summed E-state index contributed by atoms with van der Waals surface area (Å²) in [5.41, 5.74) is 0. The van der Waals surface area contributed by atoms with Crippen molar-refractivity contribution in [3.63, 3.8) is 0 Å². The van der Waals surface area contributed by atoms with Crippen molar-refractivity contribution >= 4 is 0 Å². The van der Waals surface area contributed by atoms with Crippen LogP contribution in [0.3, 0.4) is 0 Å². The highest BCUT2D eigenvalue weighted by molar-refractivity contribution is 4.99. The zero-order valence-electron chi connectivity index (χ0n) is 6.26. The number of aliphatic hydroxyl groups excluding tert-OH is 1. The fourth-order valence-corrected chi connectivity index (χ4v) is 0.740. The van der Waals surface area contributed by atoms with E-state index in [2.05, 4.69) is 0 Å². The van der Waals surface area contributed by atoms with E-state index in [-0.39, 0.29) is 0 Å². The molecule has 9 heavy (non-hydrogen) atoms. The third-order valence-corrected chi connectivity index (χ3v) is 1.00. The van der Waals surface area contributed by atoms with Crippen LogP contribution in [0.4, 0.5) is 0 Å². The summed E-state index contributed by atoms with van der Waals surface area (Å²) in [7, 11) is 0. The highest BCUT2D eigenvalue weighted by Crippen LogP contribution is 2.01. The van der Waals surface area contributed by atoms with E-state index in [4.69, 9.17) is 5.11 Å². The summed E-state index contributed by atoms with van der Waals surface area (Å²) >= 11 is 0. The summed E-state index contributed by atoms with van der Waals surface area (Å²) in [5.74, 6) is 0.737. The van der Waals surface area contributed by atoms with E-state index in [0.29, 0.717) is 11.7 Å². The van der Waals surface area contributed by atoms with Crippen LogP contribution in [0.5, 0.6) is 0 Å². The van der Waals surface area contributed by atoms with E-state index in [1.165, 1.54) is 0 Å². The lowest BCUT2D eigenvalue weighted by atomic mass is 10.1. The van der Waals surface area contributed by atoms with Gasteiger partial charge in [-0.05, 0) is 25.8 Å². The molecule has 0 amide bonds. The van der Waals surface area contributed by atoms with Crippen LogP contribution in [0.1, 0.15) is 20.8 Å². The molecule has 0 bridgehead atoms. The Bertz CT molecular complexity index is 119. The number of hydrogen-bond acceptors (Lipinski definition) is 1. The summed E-state index contributed by atoms with van der Waals surface area (Å²) in [5, 5.41) is 8.78. The molecule has 0 aliphatic rings. The van der Waals surface area contributed by atoms with Gasteiger partial charge < -0.3 is 5.11 Å². The number of rotatable bonds is 2. The van der Waals surface area contributed by atoms with Gasteiger partial charge in [-0.3, -0.25) is 0 Å². The second-order valence-electron chi connectivity index (χ2n) is 2.19. The lowest BCUT2D eigenvalue weighted by molar-refractivity contribution is 0.409. The van der Waals surface area contributed by atoms with Gasteiger partial charge in [-0.15, -0.1) is 0 Å². The molecule has 1 heteroatoms. The standard InChI is InChI=1S/C8H14O/c1-4-5-7(2)6-8(3)9/h4-7,9H,1-3H3/b5-4+,8-6-. The van der Waals surface area contributed by atoms with Crippen molar-refractivity contribution in [3.05, 3.63) is 24.0 Å². The average molecular weight is 126 g/mol. The molecule has 0 aromatic rings. The Morgan fingerprint density at radius 3 is 2.44 bits per heavy atom. The SMILES string of the molecule is C/C=C/C(C)/C=C(/C)O. The van der Waals surface area contributed by atoms with Gasteiger partial charge in [0.05, 0.1) is 5.76 Å². The van der Waals surface area contributed by atoms with Gasteiger partial charge in [0.15, 0.2) is 0 Å². The normalized spacial score (nSPS) is 16.6. The molecule has 0 aromatic heterocycles. The topological polar surface area (TPSA) is 20.2 Å². The number of aliphatic hydroxyl groups is 1. The summed E-state index contributed by atoms with van der Waals surface area (Å²) in [6.45, 7) is 5.68. The fraction of sp³-hybridized carbons (Fsp3) is 0.500. The van der Waals surface area contributed by atoms with Crippen molar-refractivity contribution in [1.82, 2.24) is 0 Å². The Hall–Kier alpha value is -0.720. The fourth-order valence-electron chi connectivity index (χ4n) is 0.740. The molecule has 52 valence electrons. The first-order chi connectivity index (χ1) is 4.16. The summed E-state index contributed by atoms with van der Waals surface area (Å²) in [4.78, 5) is 0. The van der Waals surface area contributed by atoms with Crippen LogP contribution in [0.25, 0.3) is 0 Å². The van der Waals surface area contributed by atoms with Crippen LogP contribution in [0.15, 0.2) is 24.0 Å². The van der Waals surface area contributed by atoms with Gasteiger partial charge in [0.1, 0.15) is 0 Å². The first kappa shape index (κ1) is 8.28. The van der Waals surface area contributed by atoms with Crippen molar-refractivity contribution < 1.29 is 5.11 Å². The van der Waals surface area contributed by atoms with Crippen molar-refractivity contribution in [3.8, 4) is 0 Å². The van der Waals surface area contributed by atoms with Crippen molar-refractivity contribution in [1.29, 1.82) is 0 Å². The molecule has 0 aliphatic carbocycles. The van der Waals surface area contributed by atoms with Gasteiger partial charge in [-0.25, -0.2) is 0 Å². The van der Waals surface area contributed by atoms with Crippen LogP contribution in [0.2, 0.25) is 0 Å². The maximum Gasteiger partial charge on any atom is 0.0857 e. The molecule has 1 unspecified atom stereocenters. The van der Waals surface area contributed by atoms with Gasteiger partial charge >= 0.3 is 0 Å². The van der Waals surface area contributed by atoms with Gasteiger partial charge in [-0.2, -0.15) is 0 Å². The van der Waals surface area contributed by atoms with E-state index in [1.54, 1.807) is 13.0 Å². The Morgan fingerprint density at radius 2 is 2.11 bits per heavy atom. The summed E-state index contributed by atoms with van der Waals surface area (Å²) in [6.07, 6.45) is 5.81. The Labute approximate surface area is 56.7 Å². The van der Waals surface area contributed by atoms with Crippen LogP contribution in [-0.4, -0.2) is 5.11 Å². The highest BCUT2D eigenvalue weighted by atomic mass is 16.3. The minimum absolute atomic E-state index is 0.347. The largest absolute Gasteiger partial charge is 0.513 e. The molecular formula is C8H14O. The van der Waals surface area contributed by atoms with Gasteiger partial charge in [-0.1, -0.05) is 19.1 Å². The monoisotopic (exact) mass is 126 g/mol. The molecule has 0 radical (unpaired) electrons. The number of hydrogen-bond donors (Lipinski definition) is 1. The van der Waals surface area contributed by atoms with Crippen LogP contribution < -0.4 is 0 Å². The Kier molecular flexibility index (Phi) is 3.85. The molecule has 0 spiro atoms. The maximum absolute atomic E-state index is 8.78. The quantitative estimate of drug-likeness (QED) is 0.445. The second-order valence-corrected chi connectivity index (χ2v) is 2.19. The number of allylic oxidation sites excluding steroid dienone is 4. The predicted molar refractivity (Wildman–Crippen MR) is 40.4 cm³/mol. The van der Waals surface area contributed by atoms with E-state index in [0.717, 1.165) is 0 Å². The zero-order valence-corrected chi connectivity index (χ0v) is 6.26. The zero-order chi connectivity index (χ0) is 7.28. The molecular weight excluding hydrogens is 112 g/mol. The highest BCUT2D eigenvalue weighted by Gasteiger charge is 1.88. The Morgan fingerprint density at radius 1 is 1.56 bits per heavy atom. The minimum atomic E-state index is 0.347. The van der Waals surface area contributed by atoms with Gasteiger partial charge in [0.2, 0.25) is 0 Å². The Balaban J connectivity index is 3.76.